The summed E-state index contributed by atoms with van der Waals surface area (Å²) in [6.45, 7) is 1.03. The molecule has 7 heteroatoms. The van der Waals surface area contributed by atoms with Gasteiger partial charge in [-0.3, -0.25) is 4.79 Å². The van der Waals surface area contributed by atoms with Crippen LogP contribution >= 0.6 is 11.3 Å². The van der Waals surface area contributed by atoms with Crippen molar-refractivity contribution in [2.75, 3.05) is 18.4 Å². The van der Waals surface area contributed by atoms with Crippen LogP contribution in [0.15, 0.2) is 41.8 Å². The summed E-state index contributed by atoms with van der Waals surface area (Å²) in [5.74, 6) is -0.384. The number of carbonyl (C=O) groups excluding carboxylic acids is 1. The topological polar surface area (TPSA) is 33.5 Å². The van der Waals surface area contributed by atoms with Crippen molar-refractivity contribution in [1.82, 2.24) is 0 Å². The molecule has 2 heterocycles. The lowest BCUT2D eigenvalue weighted by molar-refractivity contribution is -0.910. The Morgan fingerprint density at radius 1 is 1.25 bits per heavy atom. The van der Waals surface area contributed by atoms with Gasteiger partial charge in [0.15, 0.2) is 6.54 Å². The third kappa shape index (κ3) is 3.79. The van der Waals surface area contributed by atoms with E-state index in [1.54, 1.807) is 11.3 Å². The summed E-state index contributed by atoms with van der Waals surface area (Å²) < 4.78 is 39.0. The largest absolute Gasteiger partial charge is 0.418 e. The first-order valence-corrected chi connectivity index (χ1v) is 8.67. The Morgan fingerprint density at radius 3 is 2.75 bits per heavy atom. The molecule has 1 saturated heterocycles. The molecule has 2 aromatic rings. The smallest absolute Gasteiger partial charge is 0.321 e. The van der Waals surface area contributed by atoms with Gasteiger partial charge in [-0.05, 0) is 23.6 Å². The van der Waals surface area contributed by atoms with Crippen LogP contribution in [0, 0.1) is 0 Å². The summed E-state index contributed by atoms with van der Waals surface area (Å²) >= 11 is 1.66. The van der Waals surface area contributed by atoms with E-state index in [1.165, 1.54) is 23.1 Å². The van der Waals surface area contributed by atoms with Crippen molar-refractivity contribution < 1.29 is 22.9 Å². The van der Waals surface area contributed by atoms with Gasteiger partial charge < -0.3 is 10.2 Å². The number of alkyl halides is 3. The van der Waals surface area contributed by atoms with E-state index in [0.29, 0.717) is 0 Å². The molecule has 1 aromatic heterocycles. The number of hydrogen-bond acceptors (Lipinski definition) is 2. The molecule has 1 fully saturated rings. The van der Waals surface area contributed by atoms with Crippen LogP contribution in [0.3, 0.4) is 0 Å². The van der Waals surface area contributed by atoms with E-state index in [9.17, 15) is 18.0 Å². The van der Waals surface area contributed by atoms with E-state index in [4.69, 9.17) is 0 Å². The number of anilines is 1. The molecule has 1 aliphatic rings. The van der Waals surface area contributed by atoms with E-state index < -0.39 is 11.7 Å². The molecule has 0 aliphatic carbocycles. The van der Waals surface area contributed by atoms with E-state index in [-0.39, 0.29) is 24.2 Å². The fourth-order valence-electron chi connectivity index (χ4n) is 3.20. The highest BCUT2D eigenvalue weighted by molar-refractivity contribution is 7.10. The van der Waals surface area contributed by atoms with Crippen LogP contribution < -0.4 is 10.2 Å². The summed E-state index contributed by atoms with van der Waals surface area (Å²) in [4.78, 5) is 14.6. The third-order valence-electron chi connectivity index (χ3n) is 4.26. The standard InChI is InChI=1S/C17H17F3N2OS/c18-17(19,20)12-5-1-2-6-13(12)21-16(23)11-22-9-3-7-14(22)15-8-4-10-24-15/h1-2,4-6,8,10,14H,3,7,9,11H2,(H,21,23)/p+1/t14-/m0/s1. The Labute approximate surface area is 142 Å². The molecule has 1 unspecified atom stereocenters. The second kappa shape index (κ2) is 6.94. The molecule has 3 nitrogen and oxygen atoms in total. The number of para-hydroxylation sites is 1. The molecule has 2 atom stereocenters. The molecule has 0 spiro atoms. The molecular weight excluding hydrogens is 337 g/mol. The van der Waals surface area contributed by atoms with Crippen molar-refractivity contribution in [2.24, 2.45) is 0 Å². The zero-order valence-corrected chi connectivity index (χ0v) is 13.7. The van der Waals surface area contributed by atoms with E-state index in [0.717, 1.165) is 30.4 Å². The third-order valence-corrected chi connectivity index (χ3v) is 5.25. The van der Waals surface area contributed by atoms with Crippen LogP contribution in [0.5, 0.6) is 0 Å². The first-order chi connectivity index (χ1) is 11.4. The lowest BCUT2D eigenvalue weighted by Gasteiger charge is -2.20. The normalized spacial score (nSPS) is 21.0. The van der Waals surface area contributed by atoms with Gasteiger partial charge in [0, 0.05) is 12.8 Å². The maximum absolute atomic E-state index is 13.0. The van der Waals surface area contributed by atoms with E-state index in [2.05, 4.69) is 11.4 Å². The van der Waals surface area contributed by atoms with Gasteiger partial charge in [0.2, 0.25) is 0 Å². The predicted octanol–water partition coefficient (Wildman–Crippen LogP) is 3.13. The van der Waals surface area contributed by atoms with Crippen molar-refractivity contribution in [3.8, 4) is 0 Å². The lowest BCUT2D eigenvalue weighted by atomic mass is 10.1. The van der Waals surface area contributed by atoms with Crippen LogP contribution in [0.1, 0.15) is 29.3 Å². The highest BCUT2D eigenvalue weighted by Crippen LogP contribution is 2.34. The predicted molar refractivity (Wildman–Crippen MR) is 87.1 cm³/mol. The average Bonchev–Trinajstić information content (AvgIpc) is 3.17. The number of carbonyl (C=O) groups is 1. The number of benzene rings is 1. The first-order valence-electron chi connectivity index (χ1n) is 7.79. The van der Waals surface area contributed by atoms with Gasteiger partial charge in [-0.1, -0.05) is 18.2 Å². The van der Waals surface area contributed by atoms with Crippen molar-refractivity contribution in [3.63, 3.8) is 0 Å². The van der Waals surface area contributed by atoms with Crippen LogP contribution in [-0.4, -0.2) is 19.0 Å². The van der Waals surface area contributed by atoms with Gasteiger partial charge in [-0.2, -0.15) is 13.2 Å². The maximum atomic E-state index is 13.0. The van der Waals surface area contributed by atoms with Crippen LogP contribution in [0.4, 0.5) is 18.9 Å². The minimum atomic E-state index is -4.48. The second-order valence-electron chi connectivity index (χ2n) is 5.89. The fraction of sp³-hybridized carbons (Fsp3) is 0.353. The number of amides is 1. The molecule has 0 radical (unpaired) electrons. The SMILES string of the molecule is O=C(C[NH+]1CCC[C@H]1c1cccs1)Nc1ccccc1C(F)(F)F. The molecule has 1 amide bonds. The zero-order valence-electron chi connectivity index (χ0n) is 12.9. The van der Waals surface area contributed by atoms with Crippen LogP contribution in [0.25, 0.3) is 0 Å². The molecule has 0 saturated carbocycles. The number of quaternary nitrogens is 1. The lowest BCUT2D eigenvalue weighted by Crippen LogP contribution is -3.11. The average molecular weight is 355 g/mol. The second-order valence-corrected chi connectivity index (χ2v) is 6.87. The first kappa shape index (κ1) is 17.0. The number of hydrogen-bond donors (Lipinski definition) is 2. The summed E-state index contributed by atoms with van der Waals surface area (Å²) in [5.41, 5.74) is -0.995. The highest BCUT2D eigenvalue weighted by atomic mass is 32.1. The Bertz CT molecular complexity index is 700. The van der Waals surface area contributed by atoms with Crippen LogP contribution in [-0.2, 0) is 11.0 Å². The number of halogens is 3. The molecule has 2 N–H and O–H groups in total. The molecule has 128 valence electrons. The quantitative estimate of drug-likeness (QED) is 0.868. The molecule has 3 rings (SSSR count). The van der Waals surface area contributed by atoms with Crippen molar-refractivity contribution in [3.05, 3.63) is 52.2 Å². The highest BCUT2D eigenvalue weighted by Gasteiger charge is 2.35. The minimum Gasteiger partial charge on any atom is -0.321 e. The minimum absolute atomic E-state index is 0.175. The molecule has 1 aromatic carbocycles. The van der Waals surface area contributed by atoms with Gasteiger partial charge in [0.25, 0.3) is 5.91 Å². The molecular formula is C17H18F3N2OS+. The number of nitrogens with one attached hydrogen (secondary N) is 2. The molecule has 24 heavy (non-hydrogen) atoms. The van der Waals surface area contributed by atoms with Crippen molar-refractivity contribution >= 4 is 22.9 Å². The summed E-state index contributed by atoms with van der Waals surface area (Å²) in [6.07, 6.45) is -2.46. The summed E-state index contributed by atoms with van der Waals surface area (Å²) in [5, 5.41) is 4.44. The van der Waals surface area contributed by atoms with E-state index >= 15 is 0 Å². The zero-order chi connectivity index (χ0) is 17.2. The Hall–Kier alpha value is -1.86. The summed E-state index contributed by atoms with van der Waals surface area (Å²) in [7, 11) is 0. The maximum Gasteiger partial charge on any atom is 0.418 e. The fourth-order valence-corrected chi connectivity index (χ4v) is 4.12. The number of thiophene rings is 1. The van der Waals surface area contributed by atoms with Crippen molar-refractivity contribution in [2.45, 2.75) is 25.1 Å². The van der Waals surface area contributed by atoms with Gasteiger partial charge in [0.1, 0.15) is 6.04 Å². The van der Waals surface area contributed by atoms with Gasteiger partial charge in [-0.15, -0.1) is 11.3 Å². The number of rotatable bonds is 4. The Kier molecular flexibility index (Phi) is 4.91. The van der Waals surface area contributed by atoms with Gasteiger partial charge in [0.05, 0.1) is 22.7 Å². The van der Waals surface area contributed by atoms with E-state index in [1.807, 2.05) is 11.4 Å². The van der Waals surface area contributed by atoms with Gasteiger partial charge in [-0.25, -0.2) is 0 Å². The Balaban J connectivity index is 1.68. The monoisotopic (exact) mass is 355 g/mol. The van der Waals surface area contributed by atoms with Crippen molar-refractivity contribution in [1.29, 1.82) is 0 Å². The van der Waals surface area contributed by atoms with Gasteiger partial charge >= 0.3 is 6.18 Å². The molecule has 1 aliphatic heterocycles. The summed E-state index contributed by atoms with van der Waals surface area (Å²) in [6, 6.07) is 9.36. The number of likely N-dealkylation sites (tertiary alicyclic amines) is 1. The van der Waals surface area contributed by atoms with Crippen LogP contribution in [0.2, 0.25) is 0 Å². The molecule has 0 bridgehead atoms. The Morgan fingerprint density at radius 2 is 2.04 bits per heavy atom.